The van der Waals surface area contributed by atoms with Crippen molar-refractivity contribution in [2.75, 3.05) is 24.5 Å². The first kappa shape index (κ1) is 26.7. The molecule has 0 atom stereocenters. The van der Waals surface area contributed by atoms with Crippen molar-refractivity contribution in [1.29, 1.82) is 5.26 Å². The highest BCUT2D eigenvalue weighted by molar-refractivity contribution is 5.94. The summed E-state index contributed by atoms with van der Waals surface area (Å²) in [5.41, 5.74) is 5.33. The fraction of sp³-hybridized carbons (Fsp3) is 0.364. The molecule has 1 aliphatic heterocycles. The van der Waals surface area contributed by atoms with Crippen LogP contribution >= 0.6 is 0 Å². The summed E-state index contributed by atoms with van der Waals surface area (Å²) >= 11 is 0. The van der Waals surface area contributed by atoms with Gasteiger partial charge in [0, 0.05) is 54.3 Å². The summed E-state index contributed by atoms with van der Waals surface area (Å²) in [6.45, 7) is 6.54. The standard InChI is InChI=1S/C33H34N6O2/c1-21(2)28-15-25(17-34)16-29-30(28)41-32(38-29)27-9-7-26(8-10-27)31(40)35-18-23-11-13-39(14-12-23)33-36-19-24(20-37-33)6-5-22-3-4-22/h5-10,15-16,19-23H,3-4,11-14,18H2,1-2H3,(H,35,40)/b6-5+. The van der Waals surface area contributed by atoms with Gasteiger partial charge in [-0.1, -0.05) is 26.0 Å². The summed E-state index contributed by atoms with van der Waals surface area (Å²) < 4.78 is 6.10. The minimum Gasteiger partial charge on any atom is -0.436 e. The van der Waals surface area contributed by atoms with Gasteiger partial charge in [-0.2, -0.15) is 5.26 Å². The molecule has 0 spiro atoms. The van der Waals surface area contributed by atoms with Crippen molar-refractivity contribution in [3.63, 3.8) is 0 Å². The van der Waals surface area contributed by atoms with Crippen molar-refractivity contribution >= 4 is 29.0 Å². The first-order valence-corrected chi connectivity index (χ1v) is 14.4. The van der Waals surface area contributed by atoms with Crippen LogP contribution in [0.15, 0.2) is 59.3 Å². The molecule has 3 heterocycles. The Labute approximate surface area is 240 Å². The number of aromatic nitrogens is 3. The van der Waals surface area contributed by atoms with Crippen molar-refractivity contribution in [3.05, 3.63) is 77.1 Å². The van der Waals surface area contributed by atoms with E-state index in [-0.39, 0.29) is 11.8 Å². The third-order valence-corrected chi connectivity index (χ3v) is 7.95. The maximum Gasteiger partial charge on any atom is 0.251 e. The Morgan fingerprint density at radius 3 is 2.51 bits per heavy atom. The lowest BCUT2D eigenvalue weighted by molar-refractivity contribution is 0.0945. The molecule has 8 nitrogen and oxygen atoms in total. The fourth-order valence-corrected chi connectivity index (χ4v) is 5.23. The van der Waals surface area contributed by atoms with E-state index in [2.05, 4.69) is 57.2 Å². The molecule has 2 aromatic heterocycles. The summed E-state index contributed by atoms with van der Waals surface area (Å²) in [6.07, 6.45) is 12.7. The number of carbonyl (C=O) groups is 1. The van der Waals surface area contributed by atoms with Crippen molar-refractivity contribution < 1.29 is 9.21 Å². The Bertz CT molecular complexity index is 1600. The van der Waals surface area contributed by atoms with Crippen molar-refractivity contribution in [1.82, 2.24) is 20.3 Å². The van der Waals surface area contributed by atoms with Gasteiger partial charge in [-0.3, -0.25) is 4.79 Å². The van der Waals surface area contributed by atoms with E-state index in [0.717, 1.165) is 54.5 Å². The molecule has 1 amide bonds. The first-order valence-electron chi connectivity index (χ1n) is 14.4. The Kier molecular flexibility index (Phi) is 7.51. The molecular weight excluding hydrogens is 512 g/mol. The highest BCUT2D eigenvalue weighted by atomic mass is 16.3. The number of piperidine rings is 1. The molecule has 41 heavy (non-hydrogen) atoms. The number of anilines is 1. The smallest absolute Gasteiger partial charge is 0.251 e. The zero-order chi connectivity index (χ0) is 28.3. The van der Waals surface area contributed by atoms with Gasteiger partial charge in [-0.05, 0) is 79.8 Å². The van der Waals surface area contributed by atoms with E-state index in [1.807, 2.05) is 30.6 Å². The van der Waals surface area contributed by atoms with E-state index in [9.17, 15) is 10.1 Å². The molecule has 208 valence electrons. The summed E-state index contributed by atoms with van der Waals surface area (Å²) in [5, 5.41) is 12.5. The molecule has 2 aromatic carbocycles. The van der Waals surface area contributed by atoms with Crippen LogP contribution in [0.3, 0.4) is 0 Å². The van der Waals surface area contributed by atoms with Gasteiger partial charge in [0.1, 0.15) is 5.52 Å². The van der Waals surface area contributed by atoms with E-state index < -0.39 is 0 Å². The lowest BCUT2D eigenvalue weighted by atomic mass is 9.97. The average molecular weight is 547 g/mol. The number of carbonyl (C=O) groups excluding carboxylic acids is 1. The third-order valence-electron chi connectivity index (χ3n) is 7.95. The third kappa shape index (κ3) is 6.14. The maximum atomic E-state index is 12.9. The second-order valence-corrected chi connectivity index (χ2v) is 11.4. The largest absolute Gasteiger partial charge is 0.436 e. The monoisotopic (exact) mass is 546 g/mol. The molecule has 0 radical (unpaired) electrons. The lowest BCUT2D eigenvalue weighted by Crippen LogP contribution is -2.39. The van der Waals surface area contributed by atoms with Crippen LogP contribution in [0, 0.1) is 23.2 Å². The highest BCUT2D eigenvalue weighted by Gasteiger charge is 2.22. The van der Waals surface area contributed by atoms with Gasteiger partial charge >= 0.3 is 0 Å². The molecule has 4 aromatic rings. The second-order valence-electron chi connectivity index (χ2n) is 11.4. The average Bonchev–Trinajstić information content (AvgIpc) is 3.74. The van der Waals surface area contributed by atoms with Crippen LogP contribution in [0.25, 0.3) is 28.6 Å². The predicted molar refractivity (Wildman–Crippen MR) is 159 cm³/mol. The predicted octanol–water partition coefficient (Wildman–Crippen LogP) is 6.35. The van der Waals surface area contributed by atoms with E-state index in [4.69, 9.17) is 4.42 Å². The molecule has 8 heteroatoms. The topological polar surface area (TPSA) is 108 Å². The van der Waals surface area contributed by atoms with Gasteiger partial charge in [0.15, 0.2) is 5.58 Å². The number of fused-ring (bicyclic) bond motifs is 1. The molecule has 1 saturated carbocycles. The molecule has 1 saturated heterocycles. The van der Waals surface area contributed by atoms with E-state index >= 15 is 0 Å². The van der Waals surface area contributed by atoms with Gasteiger partial charge in [0.2, 0.25) is 11.8 Å². The van der Waals surface area contributed by atoms with Crippen LogP contribution in [0.5, 0.6) is 0 Å². The maximum absolute atomic E-state index is 12.9. The summed E-state index contributed by atoms with van der Waals surface area (Å²) in [5.74, 6) is 2.53. The Morgan fingerprint density at radius 1 is 1.12 bits per heavy atom. The van der Waals surface area contributed by atoms with E-state index in [0.29, 0.717) is 40.6 Å². The SMILES string of the molecule is CC(C)c1cc(C#N)cc2nc(-c3ccc(C(=O)NCC4CCN(c5ncc(/C=C/C6CC6)cn5)CC4)cc3)oc12. The fourth-order valence-electron chi connectivity index (χ4n) is 5.23. The van der Waals surface area contributed by atoms with Gasteiger partial charge < -0.3 is 14.6 Å². The number of benzene rings is 2. The normalized spacial score (nSPS) is 16.0. The molecule has 1 aliphatic carbocycles. The number of nitriles is 1. The minimum atomic E-state index is -0.0875. The number of hydrogen-bond acceptors (Lipinski definition) is 7. The van der Waals surface area contributed by atoms with Crippen LogP contribution < -0.4 is 10.2 Å². The molecule has 0 unspecified atom stereocenters. The first-order chi connectivity index (χ1) is 20.0. The number of hydrogen-bond donors (Lipinski definition) is 1. The van der Waals surface area contributed by atoms with Crippen LogP contribution in [0.4, 0.5) is 5.95 Å². The van der Waals surface area contributed by atoms with Crippen molar-refractivity contribution in [3.8, 4) is 17.5 Å². The molecule has 2 aliphatic rings. The number of oxazole rings is 1. The van der Waals surface area contributed by atoms with Gasteiger partial charge in [-0.15, -0.1) is 0 Å². The van der Waals surface area contributed by atoms with Crippen LogP contribution in [0.2, 0.25) is 0 Å². The summed E-state index contributed by atoms with van der Waals surface area (Å²) in [7, 11) is 0. The Morgan fingerprint density at radius 2 is 1.85 bits per heavy atom. The zero-order valence-corrected chi connectivity index (χ0v) is 23.5. The van der Waals surface area contributed by atoms with E-state index in [1.54, 1.807) is 18.2 Å². The number of nitrogens with zero attached hydrogens (tertiary/aromatic N) is 5. The molecule has 0 bridgehead atoms. The second kappa shape index (κ2) is 11.5. The number of allylic oxidation sites excluding steroid dienone is 1. The molecule has 1 N–H and O–H groups in total. The number of nitrogens with one attached hydrogen (secondary N) is 1. The van der Waals surface area contributed by atoms with Gasteiger partial charge in [-0.25, -0.2) is 15.0 Å². The van der Waals surface area contributed by atoms with E-state index in [1.165, 1.54) is 12.8 Å². The molecule has 2 fully saturated rings. The van der Waals surface area contributed by atoms with Crippen LogP contribution in [-0.4, -0.2) is 40.5 Å². The number of amides is 1. The summed E-state index contributed by atoms with van der Waals surface area (Å²) in [6, 6.07) is 13.1. The lowest BCUT2D eigenvalue weighted by Gasteiger charge is -2.32. The van der Waals surface area contributed by atoms with Crippen molar-refractivity contribution in [2.45, 2.75) is 45.4 Å². The van der Waals surface area contributed by atoms with Crippen molar-refractivity contribution in [2.24, 2.45) is 11.8 Å². The Hall–Kier alpha value is -4.51. The zero-order valence-electron chi connectivity index (χ0n) is 23.5. The van der Waals surface area contributed by atoms with Crippen LogP contribution in [-0.2, 0) is 0 Å². The quantitative estimate of drug-likeness (QED) is 0.274. The highest BCUT2D eigenvalue weighted by Crippen LogP contribution is 2.32. The van der Waals surface area contributed by atoms with Crippen LogP contribution in [0.1, 0.15) is 72.5 Å². The molecule has 6 rings (SSSR count). The summed E-state index contributed by atoms with van der Waals surface area (Å²) in [4.78, 5) is 28.9. The molecular formula is C33H34N6O2. The van der Waals surface area contributed by atoms with Gasteiger partial charge in [0.25, 0.3) is 5.91 Å². The minimum absolute atomic E-state index is 0.0875. The Balaban J connectivity index is 1.02. The number of rotatable bonds is 8. The van der Waals surface area contributed by atoms with Gasteiger partial charge in [0.05, 0.1) is 11.6 Å².